The van der Waals surface area contributed by atoms with E-state index in [0.717, 1.165) is 81.8 Å². The highest BCUT2D eigenvalue weighted by Gasteiger charge is 2.39. The molecule has 1 aromatic carbocycles. The van der Waals surface area contributed by atoms with Crippen LogP contribution < -0.4 is 0 Å². The normalized spacial score (nSPS) is 20.7. The number of hydrogen-bond acceptors (Lipinski definition) is 3. The number of benzene rings is 1. The second-order valence-corrected chi connectivity index (χ2v) is 8.29. The van der Waals surface area contributed by atoms with Gasteiger partial charge in [0.1, 0.15) is 5.82 Å². The van der Waals surface area contributed by atoms with Crippen LogP contribution >= 0.6 is 0 Å². The van der Waals surface area contributed by atoms with Gasteiger partial charge in [-0.1, -0.05) is 0 Å². The van der Waals surface area contributed by atoms with Crippen LogP contribution in [0.4, 0.5) is 4.39 Å². The molecule has 2 aromatic rings. The Morgan fingerprint density at radius 1 is 1.04 bits per heavy atom. The zero-order chi connectivity index (χ0) is 19.1. The van der Waals surface area contributed by atoms with Crippen LogP contribution in [0, 0.1) is 17.7 Å². The molecular formula is C22H26FN3O2. The molecule has 6 heteroatoms. The predicted octanol–water partition coefficient (Wildman–Crippen LogP) is 3.39. The van der Waals surface area contributed by atoms with E-state index < -0.39 is 0 Å². The summed E-state index contributed by atoms with van der Waals surface area (Å²) in [6, 6.07) is 6.36. The minimum absolute atomic E-state index is 0.0577. The van der Waals surface area contributed by atoms with E-state index in [1.807, 2.05) is 9.58 Å². The molecule has 2 saturated heterocycles. The Bertz CT molecular complexity index is 865. The van der Waals surface area contributed by atoms with Crippen molar-refractivity contribution in [3.8, 4) is 5.69 Å². The summed E-state index contributed by atoms with van der Waals surface area (Å²) in [7, 11) is 0. The van der Waals surface area contributed by atoms with Gasteiger partial charge in [-0.25, -0.2) is 9.07 Å². The molecule has 0 unspecified atom stereocenters. The number of carbonyl (C=O) groups excluding carboxylic acids is 1. The fourth-order valence-corrected chi connectivity index (χ4v) is 4.88. The van der Waals surface area contributed by atoms with E-state index in [-0.39, 0.29) is 11.7 Å². The van der Waals surface area contributed by atoms with Gasteiger partial charge in [-0.05, 0) is 74.6 Å². The number of rotatable bonds is 3. The lowest BCUT2D eigenvalue weighted by Gasteiger charge is -2.44. The summed E-state index contributed by atoms with van der Waals surface area (Å²) in [5.41, 5.74) is 3.63. The second-order valence-electron chi connectivity index (χ2n) is 8.29. The molecule has 3 heterocycles. The van der Waals surface area contributed by atoms with Crippen molar-refractivity contribution >= 4 is 5.91 Å². The van der Waals surface area contributed by atoms with E-state index in [4.69, 9.17) is 9.84 Å². The number of likely N-dealkylation sites (tertiary alicyclic amines) is 1. The van der Waals surface area contributed by atoms with E-state index in [2.05, 4.69) is 0 Å². The average molecular weight is 383 g/mol. The maximum atomic E-state index is 13.3. The highest BCUT2D eigenvalue weighted by Crippen LogP contribution is 2.33. The van der Waals surface area contributed by atoms with Gasteiger partial charge in [0.05, 0.1) is 5.69 Å². The van der Waals surface area contributed by atoms with E-state index in [9.17, 15) is 9.18 Å². The maximum absolute atomic E-state index is 13.3. The highest BCUT2D eigenvalue weighted by molar-refractivity contribution is 5.94. The van der Waals surface area contributed by atoms with Crippen LogP contribution in [-0.2, 0) is 17.6 Å². The largest absolute Gasteiger partial charge is 0.381 e. The third kappa shape index (κ3) is 3.13. The van der Waals surface area contributed by atoms with Gasteiger partial charge < -0.3 is 9.64 Å². The first-order valence-corrected chi connectivity index (χ1v) is 10.4. The lowest BCUT2D eigenvalue weighted by molar-refractivity contribution is -0.00293. The van der Waals surface area contributed by atoms with Crippen LogP contribution in [0.3, 0.4) is 0 Å². The molecule has 0 spiro atoms. The van der Waals surface area contributed by atoms with Crippen molar-refractivity contribution in [2.75, 3.05) is 26.3 Å². The number of halogens is 1. The monoisotopic (exact) mass is 383 g/mol. The summed E-state index contributed by atoms with van der Waals surface area (Å²) in [4.78, 5) is 15.1. The zero-order valence-corrected chi connectivity index (χ0v) is 16.1. The molecular weight excluding hydrogens is 357 g/mol. The molecule has 0 saturated carbocycles. The molecule has 1 amide bonds. The van der Waals surface area contributed by atoms with Crippen LogP contribution in [0.25, 0.3) is 5.69 Å². The standard InChI is InChI=1S/C22H26FN3O2/c23-17-5-7-18(8-6-17)26-20-4-2-1-3-19(20)21(24-26)22(27)25-13-16(14-25)15-9-11-28-12-10-15/h5-8,15-16H,1-4,9-14H2. The van der Waals surface area contributed by atoms with Crippen molar-refractivity contribution in [3.05, 3.63) is 47.0 Å². The lowest BCUT2D eigenvalue weighted by Crippen LogP contribution is -2.53. The molecule has 28 heavy (non-hydrogen) atoms. The Morgan fingerprint density at radius 2 is 1.75 bits per heavy atom. The first-order chi connectivity index (χ1) is 13.7. The number of fused-ring (bicyclic) bond motifs is 1. The fourth-order valence-electron chi connectivity index (χ4n) is 4.88. The molecule has 5 rings (SSSR count). The van der Waals surface area contributed by atoms with Crippen molar-refractivity contribution in [1.82, 2.24) is 14.7 Å². The summed E-state index contributed by atoms with van der Waals surface area (Å²) in [6.07, 6.45) is 6.23. The average Bonchev–Trinajstić information content (AvgIpc) is 3.08. The van der Waals surface area contributed by atoms with Gasteiger partial charge in [0.25, 0.3) is 5.91 Å². The molecule has 2 fully saturated rings. The summed E-state index contributed by atoms with van der Waals surface area (Å²) in [5.74, 6) is 1.08. The Labute approximate surface area is 164 Å². The Kier molecular flexibility index (Phi) is 4.67. The second kappa shape index (κ2) is 7.32. The van der Waals surface area contributed by atoms with Crippen molar-refractivity contribution in [1.29, 1.82) is 0 Å². The van der Waals surface area contributed by atoms with Crippen LogP contribution in [0.15, 0.2) is 24.3 Å². The summed E-state index contributed by atoms with van der Waals surface area (Å²) in [6.45, 7) is 3.37. The molecule has 5 nitrogen and oxygen atoms in total. The van der Waals surface area contributed by atoms with Crippen LogP contribution in [0.1, 0.15) is 47.4 Å². The maximum Gasteiger partial charge on any atom is 0.274 e. The molecule has 0 radical (unpaired) electrons. The van der Waals surface area contributed by atoms with Gasteiger partial charge in [0, 0.05) is 37.6 Å². The SMILES string of the molecule is O=C(c1nn(-c2ccc(F)cc2)c2c1CCCC2)N1CC(C2CCOCC2)C1. The van der Waals surface area contributed by atoms with Gasteiger partial charge >= 0.3 is 0 Å². The number of aromatic nitrogens is 2. The van der Waals surface area contributed by atoms with Crippen molar-refractivity contribution in [2.45, 2.75) is 38.5 Å². The number of nitrogens with zero attached hydrogens (tertiary/aromatic N) is 3. The smallest absolute Gasteiger partial charge is 0.274 e. The zero-order valence-electron chi connectivity index (χ0n) is 16.1. The van der Waals surface area contributed by atoms with Crippen molar-refractivity contribution < 1.29 is 13.9 Å². The van der Waals surface area contributed by atoms with Gasteiger partial charge in [-0.3, -0.25) is 4.79 Å². The quantitative estimate of drug-likeness (QED) is 0.816. The fraction of sp³-hybridized carbons (Fsp3) is 0.545. The number of ether oxygens (including phenoxy) is 1. The molecule has 148 valence electrons. The minimum Gasteiger partial charge on any atom is -0.381 e. The number of hydrogen-bond donors (Lipinski definition) is 0. The van der Waals surface area contributed by atoms with E-state index >= 15 is 0 Å². The number of carbonyl (C=O) groups is 1. The molecule has 0 N–H and O–H groups in total. The topological polar surface area (TPSA) is 47.4 Å². The van der Waals surface area contributed by atoms with Crippen molar-refractivity contribution in [3.63, 3.8) is 0 Å². The number of amides is 1. The predicted molar refractivity (Wildman–Crippen MR) is 103 cm³/mol. The molecule has 0 atom stereocenters. The lowest BCUT2D eigenvalue weighted by atomic mass is 9.80. The molecule has 0 bridgehead atoms. The summed E-state index contributed by atoms with van der Waals surface area (Å²) >= 11 is 0. The van der Waals surface area contributed by atoms with E-state index in [0.29, 0.717) is 17.5 Å². The first kappa shape index (κ1) is 17.9. The third-order valence-corrected chi connectivity index (χ3v) is 6.58. The van der Waals surface area contributed by atoms with Crippen LogP contribution in [0.5, 0.6) is 0 Å². The summed E-state index contributed by atoms with van der Waals surface area (Å²) in [5, 5.41) is 4.72. The Balaban J connectivity index is 1.38. The van der Waals surface area contributed by atoms with Crippen LogP contribution in [0.2, 0.25) is 0 Å². The van der Waals surface area contributed by atoms with E-state index in [1.165, 1.54) is 12.1 Å². The third-order valence-electron chi connectivity index (χ3n) is 6.58. The molecule has 2 aliphatic heterocycles. The van der Waals surface area contributed by atoms with Gasteiger partial charge in [0.15, 0.2) is 5.69 Å². The highest BCUT2D eigenvalue weighted by atomic mass is 19.1. The molecule has 1 aromatic heterocycles. The minimum atomic E-state index is -0.263. The van der Waals surface area contributed by atoms with Gasteiger partial charge in [-0.15, -0.1) is 0 Å². The van der Waals surface area contributed by atoms with E-state index in [1.54, 1.807) is 12.1 Å². The molecule has 1 aliphatic carbocycles. The molecule has 3 aliphatic rings. The Hall–Kier alpha value is -2.21. The van der Waals surface area contributed by atoms with Gasteiger partial charge in [0.2, 0.25) is 0 Å². The van der Waals surface area contributed by atoms with Crippen LogP contribution in [-0.4, -0.2) is 46.9 Å². The first-order valence-electron chi connectivity index (χ1n) is 10.4. The Morgan fingerprint density at radius 3 is 2.50 bits per heavy atom. The summed E-state index contributed by atoms with van der Waals surface area (Å²) < 4.78 is 20.6. The van der Waals surface area contributed by atoms with Gasteiger partial charge in [-0.2, -0.15) is 5.10 Å². The van der Waals surface area contributed by atoms with Crippen molar-refractivity contribution in [2.24, 2.45) is 11.8 Å².